The Bertz CT molecular complexity index is 148. The molecule has 0 atom stereocenters. The molecule has 0 N–H and O–H groups in total. The van der Waals surface area contributed by atoms with E-state index < -0.39 is 0 Å². The van der Waals surface area contributed by atoms with Crippen LogP contribution in [0, 0.1) is 0 Å². The normalized spacial score (nSPS) is 20.3. The Balaban J connectivity index is 2.38. The Labute approximate surface area is 86.0 Å². The number of hydrogen-bond acceptors (Lipinski definition) is 3. The topological polar surface area (TPSA) is 12.5 Å². The molecule has 3 heteroatoms. The minimum absolute atomic E-state index is 0.374. The fourth-order valence-electron chi connectivity index (χ4n) is 1.73. The van der Waals surface area contributed by atoms with Crippen LogP contribution in [0.15, 0.2) is 0 Å². The highest BCUT2D eigenvalue weighted by atomic mass is 32.2. The van der Waals surface area contributed by atoms with E-state index in [0.29, 0.717) is 5.54 Å². The van der Waals surface area contributed by atoms with Crippen molar-refractivity contribution < 1.29 is 4.74 Å². The van der Waals surface area contributed by atoms with Gasteiger partial charge in [0.25, 0.3) is 0 Å². The zero-order chi connectivity index (χ0) is 9.73. The van der Waals surface area contributed by atoms with Crippen LogP contribution in [0.4, 0.5) is 0 Å². The molecule has 1 saturated heterocycles. The number of unbranched alkanes of at least 4 members (excludes halogenated alkanes) is 1. The van der Waals surface area contributed by atoms with Gasteiger partial charge in [-0.3, -0.25) is 4.90 Å². The molecule has 0 amide bonds. The predicted molar refractivity (Wildman–Crippen MR) is 59.2 cm³/mol. The molecule has 1 heterocycles. The minimum atomic E-state index is 0.374. The lowest BCUT2D eigenvalue weighted by Crippen LogP contribution is -2.60. The van der Waals surface area contributed by atoms with Crippen LogP contribution in [0.1, 0.15) is 26.2 Å². The van der Waals surface area contributed by atoms with Crippen molar-refractivity contribution in [1.82, 2.24) is 4.90 Å². The molecule has 0 spiro atoms. The highest BCUT2D eigenvalue weighted by molar-refractivity contribution is 7.98. The van der Waals surface area contributed by atoms with E-state index in [1.165, 1.54) is 19.3 Å². The van der Waals surface area contributed by atoms with Crippen LogP contribution >= 0.6 is 11.8 Å². The van der Waals surface area contributed by atoms with Crippen LogP contribution in [0.5, 0.6) is 0 Å². The van der Waals surface area contributed by atoms with E-state index >= 15 is 0 Å². The van der Waals surface area contributed by atoms with Crippen molar-refractivity contribution in [3.63, 3.8) is 0 Å². The molecule has 13 heavy (non-hydrogen) atoms. The van der Waals surface area contributed by atoms with Crippen molar-refractivity contribution in [2.45, 2.75) is 31.7 Å². The third-order valence-corrected chi connectivity index (χ3v) is 3.52. The maximum atomic E-state index is 5.35. The van der Waals surface area contributed by atoms with Crippen LogP contribution in [0.2, 0.25) is 0 Å². The molecule has 1 fully saturated rings. The molecule has 1 aliphatic heterocycles. The van der Waals surface area contributed by atoms with Crippen LogP contribution in [0.25, 0.3) is 0 Å². The van der Waals surface area contributed by atoms with Gasteiger partial charge in [0.1, 0.15) is 0 Å². The van der Waals surface area contributed by atoms with Gasteiger partial charge in [-0.25, -0.2) is 0 Å². The van der Waals surface area contributed by atoms with Gasteiger partial charge >= 0.3 is 0 Å². The summed E-state index contributed by atoms with van der Waals surface area (Å²) < 4.78 is 5.35. The maximum Gasteiger partial charge on any atom is 0.0682 e. The fraction of sp³-hybridized carbons (Fsp3) is 1.00. The smallest absolute Gasteiger partial charge is 0.0682 e. The van der Waals surface area contributed by atoms with Gasteiger partial charge in [-0.15, -0.1) is 11.8 Å². The first-order chi connectivity index (χ1) is 6.25. The van der Waals surface area contributed by atoms with Gasteiger partial charge in [0.15, 0.2) is 0 Å². The second-order valence-electron chi connectivity index (χ2n) is 3.94. The number of ether oxygens (including phenoxy) is 1. The second-order valence-corrected chi connectivity index (χ2v) is 4.77. The Morgan fingerprint density at radius 2 is 2.15 bits per heavy atom. The van der Waals surface area contributed by atoms with Gasteiger partial charge < -0.3 is 4.74 Å². The third kappa shape index (κ3) is 2.61. The number of thioether (sulfide) groups is 1. The largest absolute Gasteiger partial charge is 0.377 e. The lowest BCUT2D eigenvalue weighted by Gasteiger charge is -2.48. The van der Waals surface area contributed by atoms with Crippen LogP contribution in [-0.4, -0.2) is 42.8 Å². The molecule has 0 bridgehead atoms. The standard InChI is InChI=1S/C10H21NOS/c1-4-5-6-10(7-12-8-10)11(2)9-13-3/h4-9H2,1-3H3. The highest BCUT2D eigenvalue weighted by Crippen LogP contribution is 2.30. The molecule has 0 aliphatic carbocycles. The molecule has 1 aliphatic rings. The van der Waals surface area contributed by atoms with Gasteiger partial charge in [0, 0.05) is 5.88 Å². The molecule has 0 radical (unpaired) electrons. The summed E-state index contributed by atoms with van der Waals surface area (Å²) in [5, 5.41) is 0. The number of rotatable bonds is 6. The fourth-order valence-corrected chi connectivity index (χ4v) is 2.39. The van der Waals surface area contributed by atoms with Gasteiger partial charge in [0.05, 0.1) is 18.8 Å². The van der Waals surface area contributed by atoms with Crippen molar-refractivity contribution in [2.24, 2.45) is 0 Å². The summed E-state index contributed by atoms with van der Waals surface area (Å²) in [6.07, 6.45) is 6.06. The van der Waals surface area contributed by atoms with Crippen molar-refractivity contribution in [1.29, 1.82) is 0 Å². The van der Waals surface area contributed by atoms with E-state index in [9.17, 15) is 0 Å². The van der Waals surface area contributed by atoms with Crippen LogP contribution in [0.3, 0.4) is 0 Å². The number of nitrogens with zero attached hydrogens (tertiary/aromatic N) is 1. The molecule has 2 nitrogen and oxygen atoms in total. The first-order valence-corrected chi connectivity index (χ1v) is 6.42. The molecular weight excluding hydrogens is 182 g/mol. The van der Waals surface area contributed by atoms with E-state index in [1.54, 1.807) is 0 Å². The van der Waals surface area contributed by atoms with E-state index in [0.717, 1.165) is 19.1 Å². The Kier molecular flexibility index (Phi) is 4.56. The minimum Gasteiger partial charge on any atom is -0.377 e. The molecule has 0 aromatic rings. The predicted octanol–water partition coefficient (Wildman–Crippen LogP) is 2.20. The van der Waals surface area contributed by atoms with E-state index in [4.69, 9.17) is 4.74 Å². The first-order valence-electron chi connectivity index (χ1n) is 5.03. The SMILES string of the molecule is CCCCC1(N(C)CSC)COC1. The molecule has 78 valence electrons. The zero-order valence-corrected chi connectivity index (χ0v) is 9.82. The average Bonchev–Trinajstić information content (AvgIpc) is 2.03. The Morgan fingerprint density at radius 1 is 1.46 bits per heavy atom. The lowest BCUT2D eigenvalue weighted by atomic mass is 9.89. The summed E-state index contributed by atoms with van der Waals surface area (Å²) in [6.45, 7) is 4.12. The highest BCUT2D eigenvalue weighted by Gasteiger charge is 2.41. The monoisotopic (exact) mass is 203 g/mol. The quantitative estimate of drug-likeness (QED) is 0.614. The van der Waals surface area contributed by atoms with E-state index in [2.05, 4.69) is 25.1 Å². The van der Waals surface area contributed by atoms with Crippen LogP contribution < -0.4 is 0 Å². The molecule has 0 aromatic heterocycles. The summed E-state index contributed by atoms with van der Waals surface area (Å²) in [4.78, 5) is 2.46. The maximum absolute atomic E-state index is 5.35. The van der Waals surface area contributed by atoms with Crippen LogP contribution in [-0.2, 0) is 4.74 Å². The lowest BCUT2D eigenvalue weighted by molar-refractivity contribution is -0.131. The third-order valence-electron chi connectivity index (χ3n) is 2.87. The Hall–Kier alpha value is 0.270. The second kappa shape index (κ2) is 5.23. The first kappa shape index (κ1) is 11.3. The summed E-state index contributed by atoms with van der Waals surface area (Å²) >= 11 is 1.89. The van der Waals surface area contributed by atoms with Crippen molar-refractivity contribution in [3.05, 3.63) is 0 Å². The van der Waals surface area contributed by atoms with E-state index in [-0.39, 0.29) is 0 Å². The van der Waals surface area contributed by atoms with Gasteiger partial charge in [0.2, 0.25) is 0 Å². The average molecular weight is 203 g/mol. The number of hydrogen-bond donors (Lipinski definition) is 0. The molecule has 0 unspecified atom stereocenters. The van der Waals surface area contributed by atoms with Crippen molar-refractivity contribution in [2.75, 3.05) is 32.4 Å². The van der Waals surface area contributed by atoms with Gasteiger partial charge in [-0.1, -0.05) is 19.8 Å². The molecule has 0 aromatic carbocycles. The molecule has 1 rings (SSSR count). The molecular formula is C10H21NOS. The van der Waals surface area contributed by atoms with Gasteiger partial charge in [-0.05, 0) is 19.7 Å². The summed E-state index contributed by atoms with van der Waals surface area (Å²) in [5.74, 6) is 1.12. The summed E-state index contributed by atoms with van der Waals surface area (Å²) in [7, 11) is 2.22. The number of likely N-dealkylation sites (N-methyl/N-ethyl adjacent to an activating group) is 1. The van der Waals surface area contributed by atoms with Gasteiger partial charge in [-0.2, -0.15) is 0 Å². The van der Waals surface area contributed by atoms with E-state index in [1.807, 2.05) is 11.8 Å². The summed E-state index contributed by atoms with van der Waals surface area (Å²) in [5.41, 5.74) is 0.374. The zero-order valence-electron chi connectivity index (χ0n) is 9.01. The summed E-state index contributed by atoms with van der Waals surface area (Å²) in [6, 6.07) is 0. The van der Waals surface area contributed by atoms with Crippen molar-refractivity contribution >= 4 is 11.8 Å². The Morgan fingerprint density at radius 3 is 2.54 bits per heavy atom. The van der Waals surface area contributed by atoms with Crippen molar-refractivity contribution in [3.8, 4) is 0 Å². The molecule has 0 saturated carbocycles.